The molecule has 0 aromatic heterocycles. The van der Waals surface area contributed by atoms with Gasteiger partial charge in [-0.3, -0.25) is 0 Å². The molecule has 0 spiro atoms. The van der Waals surface area contributed by atoms with Gasteiger partial charge in [0.1, 0.15) is 6.10 Å². The van der Waals surface area contributed by atoms with E-state index in [2.05, 4.69) is 0 Å². The molecule has 1 aliphatic rings. The van der Waals surface area contributed by atoms with Crippen molar-refractivity contribution >= 4 is 5.97 Å². The Morgan fingerprint density at radius 3 is 2.73 bits per heavy atom. The topological polar surface area (TPSA) is 55.8 Å². The van der Waals surface area contributed by atoms with Gasteiger partial charge in [0.25, 0.3) is 0 Å². The maximum absolute atomic E-state index is 10.5. The lowest BCUT2D eigenvalue weighted by Crippen LogP contribution is -2.26. The van der Waals surface area contributed by atoms with Crippen LogP contribution in [0.5, 0.6) is 0 Å². The Labute approximate surface area is 65.1 Å². The van der Waals surface area contributed by atoms with Crippen LogP contribution in [0.1, 0.15) is 12.8 Å². The molecule has 1 heterocycles. The molecule has 0 saturated carbocycles. The Morgan fingerprint density at radius 2 is 2.18 bits per heavy atom. The van der Waals surface area contributed by atoms with Crippen LogP contribution in [0.4, 0.5) is 0 Å². The van der Waals surface area contributed by atoms with Gasteiger partial charge in [-0.05, 0) is 0 Å². The molecule has 1 N–H and O–H groups in total. The van der Waals surface area contributed by atoms with Gasteiger partial charge in [-0.2, -0.15) is 0 Å². The number of hydrogen-bond donors (Lipinski definition) is 1. The van der Waals surface area contributed by atoms with E-state index in [0.29, 0.717) is 19.8 Å². The van der Waals surface area contributed by atoms with Gasteiger partial charge >= 0.3 is 5.97 Å². The minimum absolute atomic E-state index is 0.0837. The quantitative estimate of drug-likeness (QED) is 0.586. The highest BCUT2D eigenvalue weighted by molar-refractivity contribution is 5.76. The minimum Gasteiger partial charge on any atom is -0.460 e. The molecule has 1 radical (unpaired) electrons. The van der Waals surface area contributed by atoms with E-state index < -0.39 is 5.97 Å². The van der Waals surface area contributed by atoms with Crippen molar-refractivity contribution in [1.29, 1.82) is 0 Å². The number of hydrogen-bond acceptors (Lipinski definition) is 4. The molecular formula is C7H11O4. The molecule has 1 fully saturated rings. The van der Waals surface area contributed by atoms with Crippen molar-refractivity contribution in [1.82, 2.24) is 0 Å². The summed E-state index contributed by atoms with van der Waals surface area (Å²) in [7, 11) is 0. The monoisotopic (exact) mass is 159 g/mol. The predicted molar refractivity (Wildman–Crippen MR) is 36.2 cm³/mol. The zero-order chi connectivity index (χ0) is 8.10. The van der Waals surface area contributed by atoms with Crippen molar-refractivity contribution in [2.45, 2.75) is 18.9 Å². The van der Waals surface area contributed by atoms with E-state index in [1.54, 1.807) is 0 Å². The Kier molecular flexibility index (Phi) is 3.32. The molecule has 1 aliphatic heterocycles. The van der Waals surface area contributed by atoms with Gasteiger partial charge in [0.2, 0.25) is 0 Å². The third-order valence-corrected chi connectivity index (χ3v) is 1.56. The van der Waals surface area contributed by atoms with Gasteiger partial charge in [-0.1, -0.05) is 0 Å². The molecule has 0 bridgehead atoms. The van der Waals surface area contributed by atoms with Crippen molar-refractivity contribution in [2.75, 3.05) is 13.2 Å². The van der Waals surface area contributed by atoms with E-state index in [1.807, 2.05) is 0 Å². The average Bonchev–Trinajstić information content (AvgIpc) is 2.06. The molecular weight excluding hydrogens is 148 g/mol. The molecule has 4 nitrogen and oxygen atoms in total. The Morgan fingerprint density at radius 1 is 1.55 bits per heavy atom. The standard InChI is InChI=1S/C7H11O4/c8-5-7(9)11-6-1-3-10-4-2-6/h5-6,8H,1-4H2. The second-order valence-corrected chi connectivity index (χ2v) is 2.38. The third kappa shape index (κ3) is 2.86. The summed E-state index contributed by atoms with van der Waals surface area (Å²) in [5, 5.41) is 8.23. The first-order chi connectivity index (χ1) is 5.33. The van der Waals surface area contributed by atoms with E-state index >= 15 is 0 Å². The van der Waals surface area contributed by atoms with Crippen molar-refractivity contribution in [3.63, 3.8) is 0 Å². The fourth-order valence-corrected chi connectivity index (χ4v) is 0.989. The zero-order valence-electron chi connectivity index (χ0n) is 6.16. The van der Waals surface area contributed by atoms with Crippen LogP contribution in [0.15, 0.2) is 0 Å². The SMILES string of the molecule is O=C([CH]O)OC1CCOCC1. The van der Waals surface area contributed by atoms with E-state index in [1.165, 1.54) is 0 Å². The largest absolute Gasteiger partial charge is 0.460 e. The molecule has 63 valence electrons. The van der Waals surface area contributed by atoms with Crippen LogP contribution >= 0.6 is 0 Å². The second kappa shape index (κ2) is 4.31. The normalized spacial score (nSPS) is 19.7. The van der Waals surface area contributed by atoms with Gasteiger partial charge in [-0.25, -0.2) is 4.79 Å². The highest BCUT2D eigenvalue weighted by Gasteiger charge is 2.17. The van der Waals surface area contributed by atoms with Crippen LogP contribution in [0.25, 0.3) is 0 Å². The summed E-state index contributed by atoms with van der Waals surface area (Å²) in [6.07, 6.45) is 1.36. The van der Waals surface area contributed by atoms with E-state index in [9.17, 15) is 4.79 Å². The molecule has 0 amide bonds. The lowest BCUT2D eigenvalue weighted by atomic mass is 10.2. The van der Waals surface area contributed by atoms with Crippen molar-refractivity contribution in [3.05, 3.63) is 6.61 Å². The van der Waals surface area contributed by atoms with Crippen molar-refractivity contribution in [2.24, 2.45) is 0 Å². The first-order valence-corrected chi connectivity index (χ1v) is 3.58. The Bertz CT molecular complexity index is 128. The number of aliphatic hydroxyl groups excluding tert-OH is 1. The third-order valence-electron chi connectivity index (χ3n) is 1.56. The van der Waals surface area contributed by atoms with Crippen molar-refractivity contribution < 1.29 is 19.4 Å². The van der Waals surface area contributed by atoms with Gasteiger partial charge in [-0.15, -0.1) is 0 Å². The van der Waals surface area contributed by atoms with Gasteiger partial charge in [0.05, 0.1) is 13.2 Å². The molecule has 0 unspecified atom stereocenters. The molecule has 0 aromatic rings. The first kappa shape index (κ1) is 8.49. The number of esters is 1. The second-order valence-electron chi connectivity index (χ2n) is 2.38. The Balaban J connectivity index is 2.19. The van der Waals surface area contributed by atoms with Crippen LogP contribution < -0.4 is 0 Å². The summed E-state index contributed by atoms with van der Waals surface area (Å²) in [6.45, 7) is 1.70. The highest BCUT2D eigenvalue weighted by atomic mass is 16.6. The van der Waals surface area contributed by atoms with Gasteiger partial charge in [0.15, 0.2) is 6.61 Å². The number of carbonyl (C=O) groups excluding carboxylic acids is 1. The summed E-state index contributed by atoms with van der Waals surface area (Å²) in [5.74, 6) is -0.670. The van der Waals surface area contributed by atoms with Crippen LogP contribution in [0.2, 0.25) is 0 Å². The molecule has 1 rings (SSSR count). The maximum atomic E-state index is 10.5. The lowest BCUT2D eigenvalue weighted by Gasteiger charge is -2.21. The van der Waals surface area contributed by atoms with Crippen LogP contribution in [0.3, 0.4) is 0 Å². The number of aliphatic hydroxyl groups is 1. The maximum Gasteiger partial charge on any atom is 0.338 e. The molecule has 0 aliphatic carbocycles. The van der Waals surface area contributed by atoms with Crippen molar-refractivity contribution in [3.8, 4) is 0 Å². The molecule has 1 saturated heterocycles. The summed E-state index contributed by atoms with van der Waals surface area (Å²) in [5.41, 5.74) is 0. The van der Waals surface area contributed by atoms with Crippen LogP contribution in [0, 0.1) is 6.61 Å². The summed E-state index contributed by atoms with van der Waals surface area (Å²) in [6, 6.07) is 0. The van der Waals surface area contributed by atoms with Gasteiger partial charge < -0.3 is 14.6 Å². The Hall–Kier alpha value is -0.610. The lowest BCUT2D eigenvalue weighted by molar-refractivity contribution is -0.152. The average molecular weight is 159 g/mol. The van der Waals surface area contributed by atoms with E-state index in [4.69, 9.17) is 14.6 Å². The smallest absolute Gasteiger partial charge is 0.338 e. The fourth-order valence-electron chi connectivity index (χ4n) is 0.989. The number of carbonyl (C=O) groups is 1. The molecule has 11 heavy (non-hydrogen) atoms. The molecule has 0 aromatic carbocycles. The summed E-state index contributed by atoms with van der Waals surface area (Å²) >= 11 is 0. The fraction of sp³-hybridized carbons (Fsp3) is 0.714. The summed E-state index contributed by atoms with van der Waals surface area (Å²) < 4.78 is 9.87. The minimum atomic E-state index is -0.670. The van der Waals surface area contributed by atoms with E-state index in [-0.39, 0.29) is 6.10 Å². The van der Waals surface area contributed by atoms with E-state index in [0.717, 1.165) is 12.8 Å². The zero-order valence-corrected chi connectivity index (χ0v) is 6.16. The van der Waals surface area contributed by atoms with Gasteiger partial charge in [0, 0.05) is 12.8 Å². The predicted octanol–water partition coefficient (Wildman–Crippen LogP) is 0.243. The van der Waals surface area contributed by atoms with Crippen LogP contribution in [-0.2, 0) is 14.3 Å². The highest BCUT2D eigenvalue weighted by Crippen LogP contribution is 2.10. The number of ether oxygens (including phenoxy) is 2. The first-order valence-electron chi connectivity index (χ1n) is 3.58. The molecule has 4 heteroatoms. The van der Waals surface area contributed by atoms with Crippen LogP contribution in [-0.4, -0.2) is 30.4 Å². The molecule has 0 atom stereocenters. The number of rotatable bonds is 2. The summed E-state index contributed by atoms with van der Waals surface area (Å²) in [4.78, 5) is 10.5.